The number of nitrogens with two attached hydrogens (primary N) is 1. The van der Waals surface area contributed by atoms with Gasteiger partial charge >= 0.3 is 0 Å². The molecular formula is C8H17N3. The maximum absolute atomic E-state index is 7.05. The molecule has 4 N–H and O–H groups in total. The maximum Gasteiger partial charge on any atom is 0.185 e. The first kappa shape index (κ1) is 8.37. The largest absolute Gasteiger partial charge is 0.370 e. The van der Waals surface area contributed by atoms with Crippen molar-refractivity contribution >= 4 is 5.96 Å². The van der Waals surface area contributed by atoms with E-state index in [2.05, 4.69) is 12.2 Å². The molecule has 1 aliphatic carbocycles. The minimum Gasteiger partial charge on any atom is -0.370 e. The summed E-state index contributed by atoms with van der Waals surface area (Å²) in [7, 11) is 0. The molecule has 0 aliphatic heterocycles. The van der Waals surface area contributed by atoms with Gasteiger partial charge in [-0.2, -0.15) is 0 Å². The van der Waals surface area contributed by atoms with Gasteiger partial charge in [-0.15, -0.1) is 0 Å². The summed E-state index contributed by atoms with van der Waals surface area (Å²) in [4.78, 5) is 0. The van der Waals surface area contributed by atoms with Crippen molar-refractivity contribution in [1.29, 1.82) is 5.41 Å². The summed E-state index contributed by atoms with van der Waals surface area (Å²) in [5.41, 5.74) is 5.23. The molecule has 0 unspecified atom stereocenters. The van der Waals surface area contributed by atoms with Gasteiger partial charge in [-0.1, -0.05) is 6.92 Å². The third-order valence-corrected chi connectivity index (χ3v) is 2.38. The molecule has 0 bridgehead atoms. The van der Waals surface area contributed by atoms with Crippen LogP contribution in [0.15, 0.2) is 0 Å². The van der Waals surface area contributed by atoms with Crippen LogP contribution in [0.3, 0.4) is 0 Å². The highest BCUT2D eigenvalue weighted by atomic mass is 15.1. The lowest BCUT2D eigenvalue weighted by Gasteiger charge is -2.26. The van der Waals surface area contributed by atoms with Crippen molar-refractivity contribution in [2.45, 2.75) is 38.6 Å². The highest BCUT2D eigenvalue weighted by Gasteiger charge is 2.17. The molecule has 1 rings (SSSR count). The van der Waals surface area contributed by atoms with Crippen LogP contribution in [0.25, 0.3) is 0 Å². The third-order valence-electron chi connectivity index (χ3n) is 2.38. The molecule has 1 saturated carbocycles. The molecule has 0 radical (unpaired) electrons. The first-order chi connectivity index (χ1) is 5.18. The Balaban J connectivity index is 2.22. The van der Waals surface area contributed by atoms with Crippen LogP contribution in [-0.4, -0.2) is 12.0 Å². The third kappa shape index (κ3) is 2.78. The lowest BCUT2D eigenvalue weighted by molar-refractivity contribution is 0.330. The molecule has 1 fully saturated rings. The smallest absolute Gasteiger partial charge is 0.185 e. The summed E-state index contributed by atoms with van der Waals surface area (Å²) in [6, 6.07) is 0.462. The zero-order valence-corrected chi connectivity index (χ0v) is 7.06. The predicted molar refractivity (Wildman–Crippen MR) is 46.5 cm³/mol. The quantitative estimate of drug-likeness (QED) is 0.391. The highest BCUT2D eigenvalue weighted by molar-refractivity contribution is 5.74. The van der Waals surface area contributed by atoms with Gasteiger partial charge in [0.15, 0.2) is 5.96 Å². The molecule has 1 aliphatic rings. The zero-order valence-electron chi connectivity index (χ0n) is 7.06. The van der Waals surface area contributed by atoms with E-state index in [0.29, 0.717) is 6.04 Å². The molecule has 0 aromatic rings. The Bertz CT molecular complexity index is 136. The molecule has 0 aromatic carbocycles. The Morgan fingerprint density at radius 1 is 1.36 bits per heavy atom. The normalized spacial score (nSPS) is 31.4. The van der Waals surface area contributed by atoms with Gasteiger partial charge in [-0.25, -0.2) is 0 Å². The van der Waals surface area contributed by atoms with Crippen molar-refractivity contribution in [3.63, 3.8) is 0 Å². The average molecular weight is 155 g/mol. The van der Waals surface area contributed by atoms with Crippen LogP contribution in [0.1, 0.15) is 32.6 Å². The Labute approximate surface area is 67.9 Å². The van der Waals surface area contributed by atoms with Crippen molar-refractivity contribution in [3.8, 4) is 0 Å². The van der Waals surface area contributed by atoms with E-state index in [4.69, 9.17) is 11.1 Å². The van der Waals surface area contributed by atoms with Crippen LogP contribution >= 0.6 is 0 Å². The van der Waals surface area contributed by atoms with E-state index in [1.165, 1.54) is 25.7 Å². The summed E-state index contributed by atoms with van der Waals surface area (Å²) >= 11 is 0. The number of nitrogens with one attached hydrogen (secondary N) is 2. The van der Waals surface area contributed by atoms with Crippen LogP contribution in [0.2, 0.25) is 0 Å². The molecule has 0 amide bonds. The van der Waals surface area contributed by atoms with E-state index in [1.807, 2.05) is 0 Å². The monoisotopic (exact) mass is 155 g/mol. The summed E-state index contributed by atoms with van der Waals surface area (Å²) in [5.74, 6) is 0.976. The zero-order chi connectivity index (χ0) is 8.27. The number of guanidine groups is 1. The van der Waals surface area contributed by atoms with Gasteiger partial charge in [-0.05, 0) is 31.6 Å². The maximum atomic E-state index is 7.05. The van der Waals surface area contributed by atoms with Gasteiger partial charge in [0.25, 0.3) is 0 Å². The molecule has 0 heterocycles. The first-order valence-corrected chi connectivity index (χ1v) is 4.29. The number of rotatable bonds is 1. The molecule has 0 saturated heterocycles. The first-order valence-electron chi connectivity index (χ1n) is 4.29. The molecule has 0 aromatic heterocycles. The SMILES string of the molecule is C[C@H]1CC[C@H](NC(=N)N)CC1. The summed E-state index contributed by atoms with van der Waals surface area (Å²) < 4.78 is 0. The van der Waals surface area contributed by atoms with Crippen LogP contribution in [0, 0.1) is 11.3 Å². The van der Waals surface area contributed by atoms with E-state index in [9.17, 15) is 0 Å². The molecule has 3 heteroatoms. The predicted octanol–water partition coefficient (Wildman–Crippen LogP) is 1.05. The standard InChI is InChI=1S/C8H17N3/c1-6-2-4-7(5-3-6)11-8(9)10/h6-7H,2-5H2,1H3,(H4,9,10,11)/t6-,7-. The number of hydrogen-bond donors (Lipinski definition) is 3. The Kier molecular flexibility index (Phi) is 2.74. The number of hydrogen-bond acceptors (Lipinski definition) is 1. The van der Waals surface area contributed by atoms with E-state index in [-0.39, 0.29) is 5.96 Å². The fourth-order valence-corrected chi connectivity index (χ4v) is 1.62. The molecular weight excluding hydrogens is 138 g/mol. The van der Waals surface area contributed by atoms with Crippen molar-refractivity contribution in [1.82, 2.24) is 5.32 Å². The van der Waals surface area contributed by atoms with E-state index >= 15 is 0 Å². The van der Waals surface area contributed by atoms with Gasteiger partial charge in [-0.3, -0.25) is 5.41 Å². The highest BCUT2D eigenvalue weighted by Crippen LogP contribution is 2.22. The second-order valence-corrected chi connectivity index (χ2v) is 3.51. The van der Waals surface area contributed by atoms with Crippen LogP contribution < -0.4 is 11.1 Å². The van der Waals surface area contributed by atoms with Gasteiger partial charge in [0.05, 0.1) is 0 Å². The molecule has 0 atom stereocenters. The van der Waals surface area contributed by atoms with Crippen molar-refractivity contribution < 1.29 is 0 Å². The molecule has 11 heavy (non-hydrogen) atoms. The molecule has 3 nitrogen and oxygen atoms in total. The van der Waals surface area contributed by atoms with Gasteiger partial charge in [0.2, 0.25) is 0 Å². The van der Waals surface area contributed by atoms with E-state index in [1.54, 1.807) is 0 Å². The van der Waals surface area contributed by atoms with Crippen molar-refractivity contribution in [3.05, 3.63) is 0 Å². The second-order valence-electron chi connectivity index (χ2n) is 3.51. The summed E-state index contributed by atoms with van der Waals surface area (Å²) in [6.07, 6.45) is 4.87. The molecule has 0 spiro atoms. The van der Waals surface area contributed by atoms with Gasteiger partial charge in [0.1, 0.15) is 0 Å². The lowest BCUT2D eigenvalue weighted by atomic mass is 9.87. The lowest BCUT2D eigenvalue weighted by Crippen LogP contribution is -2.40. The molecule has 64 valence electrons. The van der Waals surface area contributed by atoms with Crippen molar-refractivity contribution in [2.75, 3.05) is 0 Å². The Morgan fingerprint density at radius 3 is 2.36 bits per heavy atom. The minimum atomic E-state index is 0.115. The average Bonchev–Trinajstić information content (AvgIpc) is 1.93. The Hall–Kier alpha value is -0.730. The second kappa shape index (κ2) is 3.60. The Morgan fingerprint density at radius 2 is 1.91 bits per heavy atom. The summed E-state index contributed by atoms with van der Waals surface area (Å²) in [5, 5.41) is 10.0. The van der Waals surface area contributed by atoms with Crippen molar-refractivity contribution in [2.24, 2.45) is 11.7 Å². The van der Waals surface area contributed by atoms with Crippen LogP contribution in [-0.2, 0) is 0 Å². The topological polar surface area (TPSA) is 61.9 Å². The fourth-order valence-electron chi connectivity index (χ4n) is 1.62. The fraction of sp³-hybridized carbons (Fsp3) is 0.875. The summed E-state index contributed by atoms with van der Waals surface area (Å²) in [6.45, 7) is 2.28. The van der Waals surface area contributed by atoms with Crippen LogP contribution in [0.4, 0.5) is 0 Å². The van der Waals surface area contributed by atoms with Crippen LogP contribution in [0.5, 0.6) is 0 Å². The van der Waals surface area contributed by atoms with Gasteiger partial charge in [0, 0.05) is 6.04 Å². The van der Waals surface area contributed by atoms with E-state index in [0.717, 1.165) is 5.92 Å². The minimum absolute atomic E-state index is 0.115. The van der Waals surface area contributed by atoms with Gasteiger partial charge < -0.3 is 11.1 Å². The van der Waals surface area contributed by atoms with E-state index < -0.39 is 0 Å².